The molecular weight excluding hydrogens is 212 g/mol. The second-order valence-corrected chi connectivity index (χ2v) is 5.13. The summed E-state index contributed by atoms with van der Waals surface area (Å²) in [5.41, 5.74) is 1.16. The highest BCUT2D eigenvalue weighted by molar-refractivity contribution is 5.50. The highest BCUT2D eigenvalue weighted by atomic mass is 15.2. The molecule has 4 heteroatoms. The van der Waals surface area contributed by atoms with Crippen molar-refractivity contribution < 1.29 is 0 Å². The fraction of sp³-hybridized carbons (Fsp3) is 0.692. The molecule has 1 aliphatic rings. The van der Waals surface area contributed by atoms with E-state index in [2.05, 4.69) is 41.0 Å². The molecule has 2 unspecified atom stereocenters. The Hall–Kier alpha value is -1.32. The molecule has 2 atom stereocenters. The van der Waals surface area contributed by atoms with Crippen molar-refractivity contribution in [3.63, 3.8) is 0 Å². The van der Waals surface area contributed by atoms with Crippen molar-refractivity contribution in [1.82, 2.24) is 9.97 Å². The molecule has 1 aromatic rings. The topological polar surface area (TPSA) is 41.1 Å². The Bertz CT molecular complexity index is 391. The smallest absolute Gasteiger partial charge is 0.224 e. The van der Waals surface area contributed by atoms with Gasteiger partial charge in [-0.1, -0.05) is 6.92 Å². The number of hydrogen-bond donors (Lipinski definition) is 1. The van der Waals surface area contributed by atoms with Crippen LogP contribution in [0.5, 0.6) is 0 Å². The highest BCUT2D eigenvalue weighted by Crippen LogP contribution is 2.28. The minimum absolute atomic E-state index is 0.574. The lowest BCUT2D eigenvalue weighted by Crippen LogP contribution is -2.42. The van der Waals surface area contributed by atoms with Crippen LogP contribution in [0.15, 0.2) is 6.20 Å². The van der Waals surface area contributed by atoms with Gasteiger partial charge in [-0.3, -0.25) is 0 Å². The van der Waals surface area contributed by atoms with E-state index in [1.54, 1.807) is 0 Å². The fourth-order valence-electron chi connectivity index (χ4n) is 2.43. The Morgan fingerprint density at radius 3 is 2.82 bits per heavy atom. The van der Waals surface area contributed by atoms with E-state index < -0.39 is 0 Å². The zero-order chi connectivity index (χ0) is 12.4. The lowest BCUT2D eigenvalue weighted by molar-refractivity contribution is 0.387. The first-order chi connectivity index (χ1) is 8.11. The van der Waals surface area contributed by atoms with Crippen LogP contribution in [0.4, 0.5) is 11.8 Å². The van der Waals surface area contributed by atoms with E-state index in [4.69, 9.17) is 0 Å². The summed E-state index contributed by atoms with van der Waals surface area (Å²) < 4.78 is 0. The van der Waals surface area contributed by atoms with E-state index in [1.165, 1.54) is 12.8 Å². The van der Waals surface area contributed by atoms with Crippen molar-refractivity contribution in [3.05, 3.63) is 11.8 Å². The quantitative estimate of drug-likeness (QED) is 0.853. The van der Waals surface area contributed by atoms with Gasteiger partial charge < -0.3 is 10.2 Å². The maximum atomic E-state index is 4.60. The maximum absolute atomic E-state index is 4.60. The molecule has 0 spiro atoms. The average Bonchev–Trinajstić information content (AvgIpc) is 2.33. The Labute approximate surface area is 103 Å². The van der Waals surface area contributed by atoms with Crippen LogP contribution in [0.25, 0.3) is 0 Å². The van der Waals surface area contributed by atoms with Crippen molar-refractivity contribution in [3.8, 4) is 0 Å². The Morgan fingerprint density at radius 2 is 2.12 bits per heavy atom. The van der Waals surface area contributed by atoms with Crippen LogP contribution >= 0.6 is 0 Å². The minimum atomic E-state index is 0.574. The number of anilines is 2. The van der Waals surface area contributed by atoms with Crippen molar-refractivity contribution in [2.24, 2.45) is 5.92 Å². The predicted molar refractivity (Wildman–Crippen MR) is 71.5 cm³/mol. The molecule has 1 aromatic heterocycles. The summed E-state index contributed by atoms with van der Waals surface area (Å²) in [6.07, 6.45) is 4.47. The molecule has 2 heterocycles. The molecule has 2 rings (SSSR count). The lowest BCUT2D eigenvalue weighted by Gasteiger charge is -2.38. The van der Waals surface area contributed by atoms with E-state index >= 15 is 0 Å². The third-order valence-electron chi connectivity index (χ3n) is 3.56. The summed E-state index contributed by atoms with van der Waals surface area (Å²) in [7, 11) is 1.86. The summed E-state index contributed by atoms with van der Waals surface area (Å²) in [4.78, 5) is 11.3. The summed E-state index contributed by atoms with van der Waals surface area (Å²) in [5, 5.41) is 3.01. The van der Waals surface area contributed by atoms with Gasteiger partial charge in [-0.05, 0) is 32.6 Å². The van der Waals surface area contributed by atoms with Gasteiger partial charge in [0.2, 0.25) is 5.95 Å². The van der Waals surface area contributed by atoms with E-state index in [0.717, 1.165) is 23.8 Å². The Kier molecular flexibility index (Phi) is 3.50. The van der Waals surface area contributed by atoms with Gasteiger partial charge in [0, 0.05) is 31.4 Å². The molecule has 0 bridgehead atoms. The number of aromatic nitrogens is 2. The first-order valence-electron chi connectivity index (χ1n) is 6.40. The van der Waals surface area contributed by atoms with Crippen LogP contribution in [0.3, 0.4) is 0 Å². The van der Waals surface area contributed by atoms with Gasteiger partial charge in [0.15, 0.2) is 0 Å². The van der Waals surface area contributed by atoms with Gasteiger partial charge in [0.1, 0.15) is 5.82 Å². The number of piperidine rings is 1. The highest BCUT2D eigenvalue weighted by Gasteiger charge is 2.25. The molecule has 1 fully saturated rings. The zero-order valence-corrected chi connectivity index (χ0v) is 11.2. The van der Waals surface area contributed by atoms with Gasteiger partial charge in [-0.25, -0.2) is 4.98 Å². The van der Waals surface area contributed by atoms with Crippen LogP contribution in [0.1, 0.15) is 32.3 Å². The van der Waals surface area contributed by atoms with Crippen molar-refractivity contribution in [2.75, 3.05) is 23.8 Å². The molecule has 0 aromatic carbocycles. The second kappa shape index (κ2) is 4.90. The third kappa shape index (κ3) is 2.51. The van der Waals surface area contributed by atoms with Gasteiger partial charge in [0.25, 0.3) is 0 Å². The van der Waals surface area contributed by atoms with Gasteiger partial charge in [0.05, 0.1) is 0 Å². The molecule has 0 amide bonds. The number of aryl methyl sites for hydroxylation is 1. The molecule has 94 valence electrons. The first kappa shape index (κ1) is 12.1. The zero-order valence-electron chi connectivity index (χ0n) is 11.2. The maximum Gasteiger partial charge on any atom is 0.224 e. The van der Waals surface area contributed by atoms with Crippen molar-refractivity contribution in [1.29, 1.82) is 0 Å². The lowest BCUT2D eigenvalue weighted by atomic mass is 9.95. The molecule has 4 nitrogen and oxygen atoms in total. The van der Waals surface area contributed by atoms with Crippen LogP contribution in [0.2, 0.25) is 0 Å². The fourth-order valence-corrected chi connectivity index (χ4v) is 2.43. The number of nitrogens with zero attached hydrogens (tertiary/aromatic N) is 3. The van der Waals surface area contributed by atoms with Crippen LogP contribution in [0, 0.1) is 12.8 Å². The summed E-state index contributed by atoms with van der Waals surface area (Å²) >= 11 is 0. The number of rotatable bonds is 2. The number of hydrogen-bond acceptors (Lipinski definition) is 4. The van der Waals surface area contributed by atoms with Crippen molar-refractivity contribution in [2.45, 2.75) is 39.7 Å². The molecule has 0 radical (unpaired) electrons. The SMILES string of the molecule is CNc1ncc(C)c(N2CC(C)CCC2C)n1. The van der Waals surface area contributed by atoms with E-state index in [-0.39, 0.29) is 0 Å². The largest absolute Gasteiger partial charge is 0.357 e. The Morgan fingerprint density at radius 1 is 1.35 bits per heavy atom. The summed E-state index contributed by atoms with van der Waals surface area (Å²) in [6, 6.07) is 0.574. The molecule has 1 aliphatic heterocycles. The minimum Gasteiger partial charge on any atom is -0.357 e. The monoisotopic (exact) mass is 234 g/mol. The van der Waals surface area contributed by atoms with E-state index in [0.29, 0.717) is 12.0 Å². The third-order valence-corrected chi connectivity index (χ3v) is 3.56. The molecular formula is C13H22N4. The van der Waals surface area contributed by atoms with E-state index in [9.17, 15) is 0 Å². The average molecular weight is 234 g/mol. The molecule has 1 saturated heterocycles. The van der Waals surface area contributed by atoms with Crippen LogP contribution in [-0.2, 0) is 0 Å². The van der Waals surface area contributed by atoms with Gasteiger partial charge in [-0.2, -0.15) is 4.98 Å². The summed E-state index contributed by atoms with van der Waals surface area (Å²) in [5.74, 6) is 2.54. The predicted octanol–water partition coefficient (Wildman–Crippen LogP) is 2.45. The van der Waals surface area contributed by atoms with Crippen LogP contribution < -0.4 is 10.2 Å². The second-order valence-electron chi connectivity index (χ2n) is 5.13. The van der Waals surface area contributed by atoms with Gasteiger partial charge >= 0.3 is 0 Å². The first-order valence-corrected chi connectivity index (χ1v) is 6.40. The van der Waals surface area contributed by atoms with Gasteiger partial charge in [-0.15, -0.1) is 0 Å². The van der Waals surface area contributed by atoms with Crippen molar-refractivity contribution >= 4 is 11.8 Å². The normalized spacial score (nSPS) is 24.8. The molecule has 1 N–H and O–H groups in total. The summed E-state index contributed by atoms with van der Waals surface area (Å²) in [6.45, 7) is 7.78. The molecule has 0 saturated carbocycles. The molecule has 17 heavy (non-hydrogen) atoms. The van der Waals surface area contributed by atoms with Crippen LogP contribution in [-0.4, -0.2) is 29.6 Å². The number of nitrogens with one attached hydrogen (secondary N) is 1. The standard InChI is InChI=1S/C13H22N4/c1-9-5-6-11(3)17(8-9)12-10(2)7-15-13(14-4)16-12/h7,9,11H,5-6,8H2,1-4H3,(H,14,15,16). The Balaban J connectivity index is 2.30. The van der Waals surface area contributed by atoms with E-state index in [1.807, 2.05) is 13.2 Å². The molecule has 0 aliphatic carbocycles.